The highest BCUT2D eigenvalue weighted by Gasteiger charge is 2.26. The summed E-state index contributed by atoms with van der Waals surface area (Å²) in [6.07, 6.45) is 1.97. The SMILES string of the molecule is CCC(C)(O)C(Cl)C=C(Cl)Cl. The molecule has 0 amide bonds. The number of rotatable bonds is 3. The van der Waals surface area contributed by atoms with Gasteiger partial charge in [-0.05, 0) is 19.4 Å². The van der Waals surface area contributed by atoms with Gasteiger partial charge < -0.3 is 5.11 Å². The number of hydrogen-bond acceptors (Lipinski definition) is 1. The van der Waals surface area contributed by atoms with Crippen LogP contribution in [-0.4, -0.2) is 16.1 Å². The van der Waals surface area contributed by atoms with Crippen LogP contribution in [0.2, 0.25) is 0 Å². The van der Waals surface area contributed by atoms with Gasteiger partial charge in [0.05, 0.1) is 11.0 Å². The molecule has 0 aromatic carbocycles. The van der Waals surface area contributed by atoms with Gasteiger partial charge in [0.15, 0.2) is 0 Å². The predicted molar refractivity (Wildman–Crippen MR) is 50.3 cm³/mol. The van der Waals surface area contributed by atoms with E-state index in [-0.39, 0.29) is 4.49 Å². The highest BCUT2D eigenvalue weighted by molar-refractivity contribution is 6.56. The summed E-state index contributed by atoms with van der Waals surface area (Å²) in [5.41, 5.74) is -0.948. The molecule has 0 radical (unpaired) electrons. The standard InChI is InChI=1S/C7H11Cl3O/c1-3-7(2,11)5(8)4-6(9)10/h4-5,11H,3H2,1-2H3. The van der Waals surface area contributed by atoms with Gasteiger partial charge in [0.2, 0.25) is 0 Å². The Morgan fingerprint density at radius 2 is 2.09 bits per heavy atom. The lowest BCUT2D eigenvalue weighted by Gasteiger charge is -2.24. The minimum absolute atomic E-state index is 0.0822. The van der Waals surface area contributed by atoms with Crippen LogP contribution in [-0.2, 0) is 0 Å². The van der Waals surface area contributed by atoms with Crippen LogP contribution in [0.25, 0.3) is 0 Å². The fourth-order valence-corrected chi connectivity index (χ4v) is 1.15. The molecule has 0 aliphatic rings. The largest absolute Gasteiger partial charge is 0.388 e. The lowest BCUT2D eigenvalue weighted by molar-refractivity contribution is 0.0626. The summed E-state index contributed by atoms with van der Waals surface area (Å²) in [5, 5.41) is 9.00. The van der Waals surface area contributed by atoms with E-state index in [1.165, 1.54) is 6.08 Å². The van der Waals surface area contributed by atoms with Crippen LogP contribution in [0.15, 0.2) is 10.6 Å². The zero-order valence-corrected chi connectivity index (χ0v) is 8.71. The summed E-state index contributed by atoms with van der Waals surface area (Å²) < 4.78 is 0.0822. The summed E-state index contributed by atoms with van der Waals surface area (Å²) in [4.78, 5) is 0. The third kappa shape index (κ3) is 4.22. The van der Waals surface area contributed by atoms with Crippen molar-refractivity contribution in [2.45, 2.75) is 31.2 Å². The molecule has 0 rings (SSSR count). The zero-order valence-electron chi connectivity index (χ0n) is 6.44. The van der Waals surface area contributed by atoms with Crippen molar-refractivity contribution in [2.75, 3.05) is 0 Å². The van der Waals surface area contributed by atoms with Crippen molar-refractivity contribution in [1.29, 1.82) is 0 Å². The molecule has 0 aromatic heterocycles. The highest BCUT2D eigenvalue weighted by Crippen LogP contribution is 2.23. The van der Waals surface area contributed by atoms with Gasteiger partial charge in [-0.15, -0.1) is 11.6 Å². The van der Waals surface area contributed by atoms with Crippen LogP contribution in [0, 0.1) is 0 Å². The molecule has 0 aliphatic carbocycles. The Hall–Kier alpha value is 0.570. The van der Waals surface area contributed by atoms with Crippen molar-refractivity contribution in [3.05, 3.63) is 10.6 Å². The fourth-order valence-electron chi connectivity index (χ4n) is 0.485. The smallest absolute Gasteiger partial charge is 0.104 e. The molecule has 66 valence electrons. The maximum atomic E-state index is 9.55. The van der Waals surface area contributed by atoms with Crippen molar-refractivity contribution >= 4 is 34.8 Å². The minimum Gasteiger partial charge on any atom is -0.388 e. The van der Waals surface area contributed by atoms with Gasteiger partial charge in [0, 0.05) is 0 Å². The molecule has 0 spiro atoms. The van der Waals surface area contributed by atoms with Crippen molar-refractivity contribution < 1.29 is 5.11 Å². The van der Waals surface area contributed by atoms with E-state index in [1.807, 2.05) is 6.92 Å². The molecular formula is C7H11Cl3O. The first kappa shape index (κ1) is 11.6. The van der Waals surface area contributed by atoms with E-state index < -0.39 is 11.0 Å². The average Bonchev–Trinajstić information content (AvgIpc) is 1.86. The second-order valence-corrected chi connectivity index (χ2v) is 4.05. The van der Waals surface area contributed by atoms with E-state index in [0.29, 0.717) is 6.42 Å². The highest BCUT2D eigenvalue weighted by atomic mass is 35.5. The molecule has 0 aliphatic heterocycles. The molecule has 11 heavy (non-hydrogen) atoms. The number of hydrogen-bond donors (Lipinski definition) is 1. The van der Waals surface area contributed by atoms with Crippen LogP contribution in [0.5, 0.6) is 0 Å². The van der Waals surface area contributed by atoms with E-state index in [9.17, 15) is 5.11 Å². The lowest BCUT2D eigenvalue weighted by Crippen LogP contribution is -2.33. The van der Waals surface area contributed by atoms with Gasteiger partial charge in [-0.3, -0.25) is 0 Å². The van der Waals surface area contributed by atoms with Crippen LogP contribution in [0.3, 0.4) is 0 Å². The fraction of sp³-hybridized carbons (Fsp3) is 0.714. The molecule has 0 heterocycles. The Labute approximate surface area is 81.9 Å². The Balaban J connectivity index is 4.24. The zero-order chi connectivity index (χ0) is 9.07. The van der Waals surface area contributed by atoms with E-state index in [1.54, 1.807) is 6.92 Å². The molecular weight excluding hydrogens is 206 g/mol. The molecule has 2 atom stereocenters. The Morgan fingerprint density at radius 1 is 1.64 bits per heavy atom. The van der Waals surface area contributed by atoms with Crippen molar-refractivity contribution in [1.82, 2.24) is 0 Å². The molecule has 1 nitrogen and oxygen atoms in total. The van der Waals surface area contributed by atoms with Gasteiger partial charge in [-0.2, -0.15) is 0 Å². The van der Waals surface area contributed by atoms with Crippen molar-refractivity contribution in [3.8, 4) is 0 Å². The van der Waals surface area contributed by atoms with Gasteiger partial charge >= 0.3 is 0 Å². The van der Waals surface area contributed by atoms with E-state index in [2.05, 4.69) is 0 Å². The van der Waals surface area contributed by atoms with Crippen LogP contribution >= 0.6 is 34.8 Å². The Morgan fingerprint density at radius 3 is 2.36 bits per heavy atom. The van der Waals surface area contributed by atoms with Crippen molar-refractivity contribution in [3.63, 3.8) is 0 Å². The number of aliphatic hydroxyl groups is 1. The first-order valence-corrected chi connectivity index (χ1v) is 4.48. The second-order valence-electron chi connectivity index (χ2n) is 2.57. The average molecular weight is 218 g/mol. The summed E-state index contributed by atoms with van der Waals surface area (Å²) in [7, 11) is 0. The first-order valence-electron chi connectivity index (χ1n) is 3.29. The molecule has 0 saturated heterocycles. The molecule has 0 saturated carbocycles. The molecule has 0 aromatic rings. The molecule has 2 unspecified atom stereocenters. The van der Waals surface area contributed by atoms with Crippen molar-refractivity contribution in [2.24, 2.45) is 0 Å². The summed E-state index contributed by atoms with van der Waals surface area (Å²) in [6.45, 7) is 3.48. The summed E-state index contributed by atoms with van der Waals surface area (Å²) in [5.74, 6) is 0. The maximum absolute atomic E-state index is 9.55. The molecule has 0 bridgehead atoms. The van der Waals surface area contributed by atoms with Crippen LogP contribution in [0.4, 0.5) is 0 Å². The monoisotopic (exact) mass is 216 g/mol. The predicted octanol–water partition coefficient (Wildman–Crippen LogP) is 3.07. The number of alkyl halides is 1. The maximum Gasteiger partial charge on any atom is 0.104 e. The third-order valence-corrected chi connectivity index (χ3v) is 2.43. The van der Waals surface area contributed by atoms with Gasteiger partial charge in [-0.1, -0.05) is 30.1 Å². The summed E-state index contributed by atoms with van der Waals surface area (Å²) in [6, 6.07) is 0. The van der Waals surface area contributed by atoms with Gasteiger partial charge in [-0.25, -0.2) is 0 Å². The summed E-state index contributed by atoms with van der Waals surface area (Å²) >= 11 is 16.5. The second kappa shape index (κ2) is 4.56. The van der Waals surface area contributed by atoms with E-state index in [0.717, 1.165) is 0 Å². The normalized spacial score (nSPS) is 18.7. The molecule has 4 heteroatoms. The third-order valence-electron chi connectivity index (χ3n) is 1.58. The van der Waals surface area contributed by atoms with E-state index >= 15 is 0 Å². The molecule has 0 fully saturated rings. The Kier molecular flexibility index (Phi) is 4.80. The van der Waals surface area contributed by atoms with Gasteiger partial charge in [0.1, 0.15) is 4.49 Å². The topological polar surface area (TPSA) is 20.2 Å². The minimum atomic E-state index is -0.948. The van der Waals surface area contributed by atoms with E-state index in [4.69, 9.17) is 34.8 Å². The lowest BCUT2D eigenvalue weighted by atomic mass is 9.99. The van der Waals surface area contributed by atoms with Gasteiger partial charge in [0.25, 0.3) is 0 Å². The first-order chi connectivity index (χ1) is 4.90. The van der Waals surface area contributed by atoms with Crippen LogP contribution in [0.1, 0.15) is 20.3 Å². The van der Waals surface area contributed by atoms with Crippen LogP contribution < -0.4 is 0 Å². The number of halogens is 3. The molecule has 1 N–H and O–H groups in total. The Bertz CT molecular complexity index is 150. The quantitative estimate of drug-likeness (QED) is 0.721.